The van der Waals surface area contributed by atoms with Crippen LogP contribution in [0.5, 0.6) is 0 Å². The fourth-order valence-corrected chi connectivity index (χ4v) is 1.59. The Hall–Kier alpha value is -1.22. The van der Waals surface area contributed by atoms with E-state index in [0.717, 1.165) is 11.1 Å². The van der Waals surface area contributed by atoms with E-state index in [2.05, 4.69) is 0 Å². The van der Waals surface area contributed by atoms with Crippen LogP contribution in [-0.4, -0.2) is 23.6 Å². The van der Waals surface area contributed by atoms with Gasteiger partial charge in [0, 0.05) is 19.5 Å². The number of hydrogen-bond donors (Lipinski definition) is 0. The van der Waals surface area contributed by atoms with E-state index < -0.39 is 5.60 Å². The molecular weight excluding hydrogens is 250 g/mol. The highest BCUT2D eigenvalue weighted by molar-refractivity contribution is 6.17. The predicted molar refractivity (Wildman–Crippen MR) is 73.7 cm³/mol. The summed E-state index contributed by atoms with van der Waals surface area (Å²) in [7, 11) is 1.73. The Morgan fingerprint density at radius 3 is 2.17 bits per heavy atom. The predicted octanol–water partition coefficient (Wildman–Crippen LogP) is 3.79. The van der Waals surface area contributed by atoms with Crippen molar-refractivity contribution in [1.82, 2.24) is 4.90 Å². The Labute approximate surface area is 114 Å². The SMILES string of the molecule is CN(Cc1ccc(CCl)cc1)C(=O)OC(C)(C)C. The summed E-state index contributed by atoms with van der Waals surface area (Å²) in [4.78, 5) is 13.3. The van der Waals surface area contributed by atoms with Crippen molar-refractivity contribution in [3.63, 3.8) is 0 Å². The second-order valence-corrected chi connectivity index (χ2v) is 5.55. The number of halogens is 1. The number of nitrogens with zero attached hydrogens (tertiary/aromatic N) is 1. The van der Waals surface area contributed by atoms with Crippen LogP contribution < -0.4 is 0 Å². The molecule has 0 aliphatic rings. The van der Waals surface area contributed by atoms with Crippen molar-refractivity contribution in [1.29, 1.82) is 0 Å². The minimum Gasteiger partial charge on any atom is -0.444 e. The molecule has 0 atom stereocenters. The van der Waals surface area contributed by atoms with E-state index in [4.69, 9.17) is 16.3 Å². The summed E-state index contributed by atoms with van der Waals surface area (Å²) >= 11 is 5.72. The molecule has 0 saturated carbocycles. The van der Waals surface area contributed by atoms with Gasteiger partial charge < -0.3 is 9.64 Å². The van der Waals surface area contributed by atoms with E-state index in [1.165, 1.54) is 0 Å². The van der Waals surface area contributed by atoms with Gasteiger partial charge in [0.25, 0.3) is 0 Å². The van der Waals surface area contributed by atoms with Crippen molar-refractivity contribution >= 4 is 17.7 Å². The standard InChI is InChI=1S/C14H20ClNO2/c1-14(2,3)18-13(17)16(4)10-12-7-5-11(9-15)6-8-12/h5-8H,9-10H2,1-4H3. The normalized spacial score (nSPS) is 11.2. The number of benzene rings is 1. The average molecular weight is 270 g/mol. The molecule has 0 aliphatic heterocycles. The first-order chi connectivity index (χ1) is 8.31. The van der Waals surface area contributed by atoms with Crippen LogP contribution >= 0.6 is 11.6 Å². The lowest BCUT2D eigenvalue weighted by Gasteiger charge is -2.24. The van der Waals surface area contributed by atoms with Crippen molar-refractivity contribution in [2.75, 3.05) is 7.05 Å². The molecule has 0 N–H and O–H groups in total. The lowest BCUT2D eigenvalue weighted by molar-refractivity contribution is 0.0285. The van der Waals surface area contributed by atoms with Crippen LogP contribution in [0.2, 0.25) is 0 Å². The van der Waals surface area contributed by atoms with Gasteiger partial charge in [0.2, 0.25) is 0 Å². The van der Waals surface area contributed by atoms with Gasteiger partial charge >= 0.3 is 6.09 Å². The number of alkyl halides is 1. The smallest absolute Gasteiger partial charge is 0.410 e. The number of hydrogen-bond acceptors (Lipinski definition) is 2. The van der Waals surface area contributed by atoms with E-state index in [9.17, 15) is 4.79 Å². The van der Waals surface area contributed by atoms with Crippen LogP contribution in [0.25, 0.3) is 0 Å². The van der Waals surface area contributed by atoms with Gasteiger partial charge in [0.15, 0.2) is 0 Å². The summed E-state index contributed by atoms with van der Waals surface area (Å²) in [5.41, 5.74) is 1.66. The molecule has 1 aromatic rings. The molecule has 1 rings (SSSR count). The quantitative estimate of drug-likeness (QED) is 0.782. The molecule has 1 aromatic carbocycles. The summed E-state index contributed by atoms with van der Waals surface area (Å²) < 4.78 is 5.28. The van der Waals surface area contributed by atoms with Crippen molar-refractivity contribution in [2.45, 2.75) is 38.8 Å². The van der Waals surface area contributed by atoms with E-state index in [-0.39, 0.29) is 6.09 Å². The highest BCUT2D eigenvalue weighted by atomic mass is 35.5. The summed E-state index contributed by atoms with van der Waals surface area (Å²) in [6, 6.07) is 7.87. The van der Waals surface area contributed by atoms with Crippen LogP contribution in [0.15, 0.2) is 24.3 Å². The second-order valence-electron chi connectivity index (χ2n) is 5.29. The Morgan fingerprint density at radius 1 is 1.22 bits per heavy atom. The molecule has 0 saturated heterocycles. The zero-order valence-electron chi connectivity index (χ0n) is 11.4. The highest BCUT2D eigenvalue weighted by Crippen LogP contribution is 2.12. The Balaban J connectivity index is 2.58. The first-order valence-corrected chi connectivity index (χ1v) is 6.43. The molecule has 4 heteroatoms. The van der Waals surface area contributed by atoms with Crippen molar-refractivity contribution < 1.29 is 9.53 Å². The molecule has 0 heterocycles. The summed E-state index contributed by atoms with van der Waals surface area (Å²) in [6.45, 7) is 6.09. The first-order valence-electron chi connectivity index (χ1n) is 5.90. The molecule has 0 aromatic heterocycles. The summed E-state index contributed by atoms with van der Waals surface area (Å²) in [5, 5.41) is 0. The second kappa shape index (κ2) is 6.10. The van der Waals surface area contributed by atoms with Gasteiger partial charge in [0.1, 0.15) is 5.60 Å². The summed E-state index contributed by atoms with van der Waals surface area (Å²) in [6.07, 6.45) is -0.316. The third kappa shape index (κ3) is 4.96. The summed E-state index contributed by atoms with van der Waals surface area (Å²) in [5.74, 6) is 0.502. The van der Waals surface area contributed by atoms with Gasteiger partial charge in [-0.3, -0.25) is 0 Å². The third-order valence-electron chi connectivity index (χ3n) is 2.30. The molecule has 0 fully saturated rings. The van der Waals surface area contributed by atoms with Gasteiger partial charge in [-0.25, -0.2) is 4.79 Å². The van der Waals surface area contributed by atoms with Crippen molar-refractivity contribution in [3.05, 3.63) is 35.4 Å². The molecule has 0 bridgehead atoms. The zero-order valence-corrected chi connectivity index (χ0v) is 12.1. The number of carbonyl (C=O) groups excluding carboxylic acids is 1. The largest absolute Gasteiger partial charge is 0.444 e. The van der Waals surface area contributed by atoms with Gasteiger partial charge in [-0.1, -0.05) is 24.3 Å². The van der Waals surface area contributed by atoms with Crippen LogP contribution in [0, 0.1) is 0 Å². The Kier molecular flexibility index (Phi) is 5.03. The molecule has 0 unspecified atom stereocenters. The molecule has 0 aliphatic carbocycles. The van der Waals surface area contributed by atoms with Gasteiger partial charge in [-0.05, 0) is 31.9 Å². The van der Waals surface area contributed by atoms with Gasteiger partial charge in [-0.2, -0.15) is 0 Å². The maximum atomic E-state index is 11.8. The lowest BCUT2D eigenvalue weighted by atomic mass is 10.1. The van der Waals surface area contributed by atoms with Crippen molar-refractivity contribution in [2.24, 2.45) is 0 Å². The molecule has 0 spiro atoms. The van der Waals surface area contributed by atoms with Gasteiger partial charge in [0.05, 0.1) is 0 Å². The lowest BCUT2D eigenvalue weighted by Crippen LogP contribution is -2.33. The van der Waals surface area contributed by atoms with E-state index in [1.807, 2.05) is 45.0 Å². The third-order valence-corrected chi connectivity index (χ3v) is 2.61. The molecular formula is C14H20ClNO2. The van der Waals surface area contributed by atoms with Crippen LogP contribution in [0.4, 0.5) is 4.79 Å². The fourth-order valence-electron chi connectivity index (χ4n) is 1.41. The Morgan fingerprint density at radius 2 is 1.72 bits per heavy atom. The van der Waals surface area contributed by atoms with E-state index >= 15 is 0 Å². The average Bonchev–Trinajstić information content (AvgIpc) is 2.27. The fraction of sp³-hybridized carbons (Fsp3) is 0.500. The zero-order chi connectivity index (χ0) is 13.8. The van der Waals surface area contributed by atoms with E-state index in [1.54, 1.807) is 11.9 Å². The first kappa shape index (κ1) is 14.8. The minimum absolute atomic E-state index is 0.316. The highest BCUT2D eigenvalue weighted by Gasteiger charge is 2.19. The monoisotopic (exact) mass is 269 g/mol. The number of ether oxygens (including phenoxy) is 1. The van der Waals surface area contributed by atoms with Crippen molar-refractivity contribution in [3.8, 4) is 0 Å². The topological polar surface area (TPSA) is 29.5 Å². The number of rotatable bonds is 3. The van der Waals surface area contributed by atoms with Crippen LogP contribution in [0.1, 0.15) is 31.9 Å². The molecule has 3 nitrogen and oxygen atoms in total. The number of amides is 1. The van der Waals surface area contributed by atoms with Gasteiger partial charge in [-0.15, -0.1) is 11.6 Å². The number of carbonyl (C=O) groups is 1. The minimum atomic E-state index is -0.464. The van der Waals surface area contributed by atoms with Crippen LogP contribution in [0.3, 0.4) is 0 Å². The van der Waals surface area contributed by atoms with E-state index in [0.29, 0.717) is 12.4 Å². The van der Waals surface area contributed by atoms with Crippen LogP contribution in [-0.2, 0) is 17.2 Å². The maximum Gasteiger partial charge on any atom is 0.410 e. The molecule has 1 amide bonds. The maximum absolute atomic E-state index is 11.8. The molecule has 0 radical (unpaired) electrons. The Bertz CT molecular complexity index is 395. The molecule has 18 heavy (non-hydrogen) atoms. The molecule has 100 valence electrons.